The Kier molecular flexibility index (Phi) is 4.47. The molecule has 20 heavy (non-hydrogen) atoms. The van der Waals surface area contributed by atoms with Gasteiger partial charge in [-0.2, -0.15) is 0 Å². The number of aryl methyl sites for hydroxylation is 1. The number of hydrogen-bond donors (Lipinski definition) is 2. The number of amides is 1. The second-order valence-corrected chi connectivity index (χ2v) is 4.08. The van der Waals surface area contributed by atoms with E-state index in [-0.39, 0.29) is 12.5 Å². The zero-order chi connectivity index (χ0) is 14.4. The van der Waals surface area contributed by atoms with E-state index in [0.29, 0.717) is 29.1 Å². The number of nitrogens with one attached hydrogen (secondary N) is 1. The molecule has 102 valence electrons. The third kappa shape index (κ3) is 3.67. The van der Waals surface area contributed by atoms with E-state index in [1.54, 1.807) is 25.3 Å². The van der Waals surface area contributed by atoms with Crippen molar-refractivity contribution in [3.8, 4) is 11.8 Å². The molecule has 0 fully saturated rings. The molecule has 0 bridgehead atoms. The van der Waals surface area contributed by atoms with Gasteiger partial charge in [0.15, 0.2) is 0 Å². The minimum Gasteiger partial charge on any atom is -0.361 e. The van der Waals surface area contributed by atoms with Crippen molar-refractivity contribution in [3.05, 3.63) is 47.1 Å². The van der Waals surface area contributed by atoms with Crippen molar-refractivity contribution in [2.75, 3.05) is 6.54 Å². The lowest BCUT2D eigenvalue weighted by Gasteiger charge is -2.02. The van der Waals surface area contributed by atoms with Crippen LogP contribution in [0.5, 0.6) is 0 Å². The van der Waals surface area contributed by atoms with Gasteiger partial charge in [0.2, 0.25) is 0 Å². The van der Waals surface area contributed by atoms with Gasteiger partial charge in [0.05, 0.1) is 18.7 Å². The maximum Gasteiger partial charge on any atom is 0.253 e. The summed E-state index contributed by atoms with van der Waals surface area (Å²) in [5.74, 6) is 6.01. The Morgan fingerprint density at radius 2 is 2.30 bits per heavy atom. The molecule has 0 radical (unpaired) electrons. The number of carbonyl (C=O) groups excluding carboxylic acids is 1. The lowest BCUT2D eigenvalue weighted by Crippen LogP contribution is -2.23. The van der Waals surface area contributed by atoms with E-state index >= 15 is 0 Å². The maximum atomic E-state index is 12.0. The molecule has 3 N–H and O–H groups in total. The average molecular weight is 270 g/mol. The average Bonchev–Trinajstić information content (AvgIpc) is 2.88. The van der Waals surface area contributed by atoms with Crippen LogP contribution in [0.15, 0.2) is 29.0 Å². The molecule has 6 nitrogen and oxygen atoms in total. The predicted octanol–water partition coefficient (Wildman–Crippen LogP) is 0.618. The van der Waals surface area contributed by atoms with E-state index < -0.39 is 0 Å². The smallest absolute Gasteiger partial charge is 0.253 e. The molecular weight excluding hydrogens is 256 g/mol. The first-order valence-electron chi connectivity index (χ1n) is 6.03. The Hall–Kier alpha value is -2.65. The number of hydrogen-bond acceptors (Lipinski definition) is 5. The van der Waals surface area contributed by atoms with Crippen molar-refractivity contribution in [2.45, 2.75) is 13.5 Å². The molecule has 0 unspecified atom stereocenters. The summed E-state index contributed by atoms with van der Waals surface area (Å²) in [6, 6.07) is 3.43. The number of nitrogens with zero attached hydrogens (tertiary/aromatic N) is 2. The Bertz CT molecular complexity index is 667. The van der Waals surface area contributed by atoms with Gasteiger partial charge in [0.1, 0.15) is 11.5 Å². The van der Waals surface area contributed by atoms with Crippen LogP contribution in [0.25, 0.3) is 0 Å². The first-order valence-corrected chi connectivity index (χ1v) is 6.03. The van der Waals surface area contributed by atoms with E-state index in [4.69, 9.17) is 10.3 Å². The zero-order valence-electron chi connectivity index (χ0n) is 11.0. The molecule has 6 heteroatoms. The predicted molar refractivity (Wildman–Crippen MR) is 72.6 cm³/mol. The lowest BCUT2D eigenvalue weighted by molar-refractivity contribution is 0.0949. The van der Waals surface area contributed by atoms with E-state index in [9.17, 15) is 4.79 Å². The van der Waals surface area contributed by atoms with Crippen LogP contribution in [0.4, 0.5) is 0 Å². The molecule has 0 saturated carbocycles. The molecule has 1 amide bonds. The SMILES string of the molecule is Cc1cc(CNC(=O)c2cncc(C#CCN)c2)no1. The number of rotatable bonds is 3. The van der Waals surface area contributed by atoms with Gasteiger partial charge in [-0.1, -0.05) is 17.0 Å². The summed E-state index contributed by atoms with van der Waals surface area (Å²) in [5.41, 5.74) is 7.06. The first kappa shape index (κ1) is 13.8. The highest BCUT2D eigenvalue weighted by molar-refractivity contribution is 5.94. The largest absolute Gasteiger partial charge is 0.361 e. The third-order valence-corrected chi connectivity index (χ3v) is 2.44. The van der Waals surface area contributed by atoms with Crippen molar-refractivity contribution in [3.63, 3.8) is 0 Å². The van der Waals surface area contributed by atoms with Gasteiger partial charge < -0.3 is 15.6 Å². The van der Waals surface area contributed by atoms with E-state index in [1.165, 1.54) is 6.20 Å². The molecule has 0 atom stereocenters. The zero-order valence-corrected chi connectivity index (χ0v) is 11.0. The van der Waals surface area contributed by atoms with Gasteiger partial charge in [-0.15, -0.1) is 0 Å². The van der Waals surface area contributed by atoms with Crippen LogP contribution in [-0.4, -0.2) is 22.6 Å². The highest BCUT2D eigenvalue weighted by Gasteiger charge is 2.08. The first-order chi connectivity index (χ1) is 9.69. The van der Waals surface area contributed by atoms with Crippen molar-refractivity contribution in [1.29, 1.82) is 0 Å². The lowest BCUT2D eigenvalue weighted by atomic mass is 10.2. The fourth-order valence-electron chi connectivity index (χ4n) is 1.56. The summed E-state index contributed by atoms with van der Waals surface area (Å²) in [7, 11) is 0. The quantitative estimate of drug-likeness (QED) is 0.797. The standard InChI is InChI=1S/C14H14N4O2/c1-10-5-13(18-20-10)9-17-14(19)12-6-11(3-2-4-15)7-16-8-12/h5-8H,4,9,15H2,1H3,(H,17,19). The van der Waals surface area contributed by atoms with Crippen LogP contribution in [0.2, 0.25) is 0 Å². The molecule has 0 aliphatic heterocycles. The number of pyridine rings is 1. The summed E-state index contributed by atoms with van der Waals surface area (Å²) < 4.78 is 4.92. The monoisotopic (exact) mass is 270 g/mol. The topological polar surface area (TPSA) is 94.0 Å². The van der Waals surface area contributed by atoms with Crippen molar-refractivity contribution < 1.29 is 9.32 Å². The second kappa shape index (κ2) is 6.50. The summed E-state index contributed by atoms with van der Waals surface area (Å²) in [4.78, 5) is 15.9. The molecule has 0 saturated heterocycles. The van der Waals surface area contributed by atoms with E-state index in [2.05, 4.69) is 27.3 Å². The van der Waals surface area contributed by atoms with Gasteiger partial charge >= 0.3 is 0 Å². The fourth-order valence-corrected chi connectivity index (χ4v) is 1.56. The number of aromatic nitrogens is 2. The van der Waals surface area contributed by atoms with Gasteiger partial charge in [0, 0.05) is 24.0 Å². The van der Waals surface area contributed by atoms with Crippen LogP contribution in [0, 0.1) is 18.8 Å². The van der Waals surface area contributed by atoms with Crippen molar-refractivity contribution in [1.82, 2.24) is 15.5 Å². The fraction of sp³-hybridized carbons (Fsp3) is 0.214. The van der Waals surface area contributed by atoms with E-state index in [1.807, 2.05) is 0 Å². The van der Waals surface area contributed by atoms with Crippen molar-refractivity contribution in [2.24, 2.45) is 5.73 Å². The summed E-state index contributed by atoms with van der Waals surface area (Å²) in [6.45, 7) is 2.36. The Morgan fingerprint density at radius 1 is 1.45 bits per heavy atom. The molecule has 2 aromatic heterocycles. The Labute approximate surface area is 116 Å². The van der Waals surface area contributed by atoms with Crippen LogP contribution >= 0.6 is 0 Å². The third-order valence-electron chi connectivity index (χ3n) is 2.44. The minimum absolute atomic E-state index is 0.241. The second-order valence-electron chi connectivity index (χ2n) is 4.08. The van der Waals surface area contributed by atoms with Crippen LogP contribution < -0.4 is 11.1 Å². The molecule has 0 aliphatic carbocycles. The highest BCUT2D eigenvalue weighted by Crippen LogP contribution is 2.04. The van der Waals surface area contributed by atoms with Gasteiger partial charge in [0.25, 0.3) is 5.91 Å². The molecule has 2 heterocycles. The van der Waals surface area contributed by atoms with Gasteiger partial charge in [-0.05, 0) is 13.0 Å². The molecular formula is C14H14N4O2. The number of carbonyl (C=O) groups is 1. The van der Waals surface area contributed by atoms with E-state index in [0.717, 1.165) is 0 Å². The molecule has 0 aromatic carbocycles. The molecule has 0 spiro atoms. The van der Waals surface area contributed by atoms with Crippen LogP contribution in [0.3, 0.4) is 0 Å². The summed E-state index contributed by atoms with van der Waals surface area (Å²) in [5, 5.41) is 6.54. The molecule has 2 rings (SSSR count). The van der Waals surface area contributed by atoms with Crippen LogP contribution in [0.1, 0.15) is 27.4 Å². The maximum absolute atomic E-state index is 12.0. The molecule has 2 aromatic rings. The summed E-state index contributed by atoms with van der Waals surface area (Å²) >= 11 is 0. The van der Waals surface area contributed by atoms with Crippen LogP contribution in [-0.2, 0) is 6.54 Å². The Morgan fingerprint density at radius 3 is 3.00 bits per heavy atom. The van der Waals surface area contributed by atoms with Gasteiger partial charge in [-0.25, -0.2) is 0 Å². The molecule has 0 aliphatic rings. The summed E-state index contributed by atoms with van der Waals surface area (Å²) in [6.07, 6.45) is 3.07. The normalized spacial score (nSPS) is 9.70. The Balaban J connectivity index is 2.01. The minimum atomic E-state index is -0.241. The highest BCUT2D eigenvalue weighted by atomic mass is 16.5. The van der Waals surface area contributed by atoms with Gasteiger partial charge in [-0.3, -0.25) is 9.78 Å². The number of nitrogens with two attached hydrogens (primary N) is 1. The van der Waals surface area contributed by atoms with Crippen molar-refractivity contribution >= 4 is 5.91 Å².